The SMILES string of the molecule is COC(=O)c1scc(C)c1NC(=O)NC1CCCCC1. The number of carbonyl (C=O) groups is 2. The number of rotatable bonds is 3. The molecule has 0 atom stereocenters. The number of urea groups is 1. The molecule has 2 amide bonds. The normalized spacial score (nSPS) is 15.7. The van der Waals surface area contributed by atoms with Gasteiger partial charge in [-0.15, -0.1) is 11.3 Å². The van der Waals surface area contributed by atoms with Crippen LogP contribution in [0.25, 0.3) is 0 Å². The lowest BCUT2D eigenvalue weighted by molar-refractivity contribution is 0.0607. The molecule has 1 aliphatic carbocycles. The molecule has 1 saturated carbocycles. The van der Waals surface area contributed by atoms with E-state index in [9.17, 15) is 9.59 Å². The summed E-state index contributed by atoms with van der Waals surface area (Å²) in [5, 5.41) is 7.59. The number of thiophene rings is 1. The lowest BCUT2D eigenvalue weighted by atomic mass is 9.96. The number of ether oxygens (including phenoxy) is 1. The number of nitrogens with one attached hydrogen (secondary N) is 2. The number of amides is 2. The second-order valence-corrected chi connectivity index (χ2v) is 5.93. The van der Waals surface area contributed by atoms with E-state index in [2.05, 4.69) is 10.6 Å². The first-order chi connectivity index (χ1) is 9.61. The van der Waals surface area contributed by atoms with E-state index in [0.717, 1.165) is 31.2 Å². The largest absolute Gasteiger partial charge is 0.465 e. The molecule has 0 radical (unpaired) electrons. The van der Waals surface area contributed by atoms with E-state index in [-0.39, 0.29) is 12.1 Å². The van der Waals surface area contributed by atoms with Crippen molar-refractivity contribution in [2.45, 2.75) is 45.1 Å². The first kappa shape index (κ1) is 14.8. The molecule has 0 aromatic carbocycles. The second-order valence-electron chi connectivity index (χ2n) is 5.05. The van der Waals surface area contributed by atoms with Crippen LogP contribution < -0.4 is 10.6 Å². The van der Waals surface area contributed by atoms with Crippen molar-refractivity contribution in [2.24, 2.45) is 0 Å². The van der Waals surface area contributed by atoms with Crippen molar-refractivity contribution < 1.29 is 14.3 Å². The lowest BCUT2D eigenvalue weighted by Crippen LogP contribution is -2.39. The number of anilines is 1. The van der Waals surface area contributed by atoms with Crippen LogP contribution in [0.2, 0.25) is 0 Å². The summed E-state index contributed by atoms with van der Waals surface area (Å²) >= 11 is 1.28. The molecule has 1 aromatic rings. The third-order valence-corrected chi connectivity index (χ3v) is 4.60. The Hall–Kier alpha value is -1.56. The standard InChI is InChI=1S/C14H20N2O3S/c1-9-8-20-12(13(17)19-2)11(9)16-14(18)15-10-6-4-3-5-7-10/h8,10H,3-7H2,1-2H3,(H2,15,16,18). The van der Waals surface area contributed by atoms with Crippen LogP contribution in [0, 0.1) is 6.92 Å². The topological polar surface area (TPSA) is 67.4 Å². The quantitative estimate of drug-likeness (QED) is 0.841. The third kappa shape index (κ3) is 3.50. The average Bonchev–Trinajstić information content (AvgIpc) is 2.80. The van der Waals surface area contributed by atoms with Crippen LogP contribution >= 0.6 is 11.3 Å². The molecule has 0 saturated heterocycles. The number of esters is 1. The Morgan fingerprint density at radius 3 is 2.65 bits per heavy atom. The molecule has 5 nitrogen and oxygen atoms in total. The Kier molecular flexibility index (Phi) is 5.00. The summed E-state index contributed by atoms with van der Waals surface area (Å²) in [7, 11) is 1.34. The fraction of sp³-hybridized carbons (Fsp3) is 0.571. The fourth-order valence-electron chi connectivity index (χ4n) is 2.42. The molecule has 1 heterocycles. The van der Waals surface area contributed by atoms with Crippen LogP contribution in [0.15, 0.2) is 5.38 Å². The van der Waals surface area contributed by atoms with Crippen LogP contribution in [-0.4, -0.2) is 25.2 Å². The summed E-state index contributed by atoms with van der Waals surface area (Å²) in [5.41, 5.74) is 1.42. The average molecular weight is 296 g/mol. The third-order valence-electron chi connectivity index (χ3n) is 3.52. The number of methoxy groups -OCH3 is 1. The highest BCUT2D eigenvalue weighted by molar-refractivity contribution is 7.12. The summed E-state index contributed by atoms with van der Waals surface area (Å²) in [6.07, 6.45) is 5.63. The van der Waals surface area contributed by atoms with Crippen LogP contribution in [0.3, 0.4) is 0 Å². The van der Waals surface area contributed by atoms with E-state index in [0.29, 0.717) is 10.6 Å². The minimum atomic E-state index is -0.420. The predicted molar refractivity (Wildman–Crippen MR) is 79.4 cm³/mol. The molecule has 0 aliphatic heterocycles. The zero-order chi connectivity index (χ0) is 14.5. The fourth-order valence-corrected chi connectivity index (χ4v) is 3.35. The highest BCUT2D eigenvalue weighted by atomic mass is 32.1. The molecule has 0 bridgehead atoms. The Morgan fingerprint density at radius 2 is 2.00 bits per heavy atom. The van der Waals surface area contributed by atoms with Crippen molar-refractivity contribution in [3.8, 4) is 0 Å². The monoisotopic (exact) mass is 296 g/mol. The molecular formula is C14H20N2O3S. The van der Waals surface area contributed by atoms with Crippen molar-refractivity contribution in [3.63, 3.8) is 0 Å². The van der Waals surface area contributed by atoms with Crippen molar-refractivity contribution in [2.75, 3.05) is 12.4 Å². The molecule has 20 heavy (non-hydrogen) atoms. The second kappa shape index (κ2) is 6.74. The molecule has 6 heteroatoms. The van der Waals surface area contributed by atoms with Crippen molar-refractivity contribution in [3.05, 3.63) is 15.8 Å². The maximum absolute atomic E-state index is 12.0. The zero-order valence-electron chi connectivity index (χ0n) is 11.8. The first-order valence-electron chi connectivity index (χ1n) is 6.85. The van der Waals surface area contributed by atoms with Crippen molar-refractivity contribution in [1.82, 2.24) is 5.32 Å². The molecule has 2 N–H and O–H groups in total. The highest BCUT2D eigenvalue weighted by Gasteiger charge is 2.20. The van der Waals surface area contributed by atoms with E-state index in [4.69, 9.17) is 4.74 Å². The Bertz CT molecular complexity index is 493. The van der Waals surface area contributed by atoms with E-state index in [1.54, 1.807) is 0 Å². The van der Waals surface area contributed by atoms with E-state index >= 15 is 0 Å². The first-order valence-corrected chi connectivity index (χ1v) is 7.73. The summed E-state index contributed by atoms with van der Waals surface area (Å²) in [6.45, 7) is 1.86. The predicted octanol–water partition coefficient (Wildman–Crippen LogP) is 3.30. The van der Waals surface area contributed by atoms with Gasteiger partial charge >= 0.3 is 12.0 Å². The van der Waals surface area contributed by atoms with Crippen LogP contribution in [0.1, 0.15) is 47.3 Å². The molecule has 0 unspecified atom stereocenters. The van der Waals surface area contributed by atoms with Gasteiger partial charge in [0.1, 0.15) is 4.88 Å². The number of carbonyl (C=O) groups excluding carboxylic acids is 2. The molecule has 1 aliphatic rings. The van der Waals surface area contributed by atoms with E-state index in [1.165, 1.54) is 24.9 Å². The van der Waals surface area contributed by atoms with Gasteiger partial charge in [-0.1, -0.05) is 19.3 Å². The minimum absolute atomic E-state index is 0.240. The number of hydrogen-bond acceptors (Lipinski definition) is 4. The Morgan fingerprint density at radius 1 is 1.30 bits per heavy atom. The number of hydrogen-bond donors (Lipinski definition) is 2. The zero-order valence-corrected chi connectivity index (χ0v) is 12.6. The maximum Gasteiger partial charge on any atom is 0.350 e. The molecule has 1 aromatic heterocycles. The summed E-state index contributed by atoms with van der Waals surface area (Å²) in [4.78, 5) is 24.1. The smallest absolute Gasteiger partial charge is 0.350 e. The van der Waals surface area contributed by atoms with Gasteiger partial charge in [-0.3, -0.25) is 0 Å². The summed E-state index contributed by atoms with van der Waals surface area (Å²) in [6, 6.07) is -0.00665. The maximum atomic E-state index is 12.0. The summed E-state index contributed by atoms with van der Waals surface area (Å²) < 4.78 is 4.72. The lowest BCUT2D eigenvalue weighted by Gasteiger charge is -2.23. The van der Waals surface area contributed by atoms with Crippen molar-refractivity contribution >= 4 is 29.0 Å². The Balaban J connectivity index is 2.00. The van der Waals surface area contributed by atoms with Crippen LogP contribution in [0.4, 0.5) is 10.5 Å². The molecule has 110 valence electrons. The van der Waals surface area contributed by atoms with Crippen LogP contribution in [0.5, 0.6) is 0 Å². The van der Waals surface area contributed by atoms with E-state index < -0.39 is 5.97 Å². The molecule has 2 rings (SSSR count). The Labute approximate surface area is 122 Å². The van der Waals surface area contributed by atoms with Gasteiger partial charge in [0.25, 0.3) is 0 Å². The van der Waals surface area contributed by atoms with Gasteiger partial charge in [0.2, 0.25) is 0 Å². The van der Waals surface area contributed by atoms with E-state index in [1.807, 2.05) is 12.3 Å². The number of aryl methyl sites for hydroxylation is 1. The summed E-state index contributed by atoms with van der Waals surface area (Å²) in [5.74, 6) is -0.420. The van der Waals surface area contributed by atoms with Gasteiger partial charge in [-0.05, 0) is 30.7 Å². The van der Waals surface area contributed by atoms with Gasteiger partial charge < -0.3 is 15.4 Å². The molecule has 0 spiro atoms. The van der Waals surface area contributed by atoms with Gasteiger partial charge in [0, 0.05) is 6.04 Å². The van der Waals surface area contributed by atoms with Crippen molar-refractivity contribution in [1.29, 1.82) is 0 Å². The van der Waals surface area contributed by atoms with Gasteiger partial charge in [0.05, 0.1) is 12.8 Å². The minimum Gasteiger partial charge on any atom is -0.465 e. The van der Waals surface area contributed by atoms with Gasteiger partial charge in [-0.25, -0.2) is 9.59 Å². The molecular weight excluding hydrogens is 276 g/mol. The van der Waals surface area contributed by atoms with Gasteiger partial charge in [-0.2, -0.15) is 0 Å². The highest BCUT2D eigenvalue weighted by Crippen LogP contribution is 2.28. The van der Waals surface area contributed by atoms with Gasteiger partial charge in [0.15, 0.2) is 0 Å². The molecule has 1 fully saturated rings. The van der Waals surface area contributed by atoms with Crippen LogP contribution in [-0.2, 0) is 4.74 Å².